The first kappa shape index (κ1) is 34.6. The van der Waals surface area contributed by atoms with Gasteiger partial charge in [-0.2, -0.15) is 0 Å². The molecule has 0 aromatic rings. The maximum Gasteiger partial charge on any atom is 0.0319 e. The van der Waals surface area contributed by atoms with Crippen molar-refractivity contribution in [1.29, 1.82) is 0 Å². The minimum atomic E-state index is 0. The average molecular weight is 213 g/mol. The van der Waals surface area contributed by atoms with Gasteiger partial charge in [0.05, 0.1) is 0 Å². The van der Waals surface area contributed by atoms with E-state index in [2.05, 4.69) is 0 Å². The van der Waals surface area contributed by atoms with Gasteiger partial charge in [0, 0.05) is 53.0 Å². The molecule has 0 heterocycles. The van der Waals surface area contributed by atoms with Crippen LogP contribution in [0.15, 0.2) is 0 Å². The van der Waals surface area contributed by atoms with E-state index in [9.17, 15) is 0 Å². The topological polar surface area (TPSA) is 20.2 Å². The summed E-state index contributed by atoms with van der Waals surface area (Å²) in [7, 11) is 1.00. The molecule has 0 aliphatic carbocycles. The molecule has 1 N–H and O–H groups in total. The molecule has 4 radical (unpaired) electrons. The number of aliphatic hydroxyl groups excluding tert-OH is 1. The summed E-state index contributed by atoms with van der Waals surface area (Å²) in [6, 6.07) is 0. The molecule has 4 heteroatoms. The Morgan fingerprint density at radius 1 is 1.20 bits per heavy atom. The number of rotatable bonds is 0. The molecule has 0 saturated carbocycles. The summed E-state index contributed by atoms with van der Waals surface area (Å²) < 4.78 is 0. The van der Waals surface area contributed by atoms with Crippen LogP contribution in [0.5, 0.6) is 0 Å². The summed E-state index contributed by atoms with van der Waals surface area (Å²) in [4.78, 5) is 0. The Labute approximate surface area is 58.2 Å². The average Bonchev–Trinajstić information content (AvgIpc) is 1.00. The second kappa shape index (κ2) is 63.3. The Kier molecular flexibility index (Phi) is 437. The van der Waals surface area contributed by atoms with Crippen LogP contribution in [-0.2, 0) is 37.5 Å². The molecule has 0 amide bonds. The van der Waals surface area contributed by atoms with Crippen molar-refractivity contribution in [2.75, 3.05) is 7.11 Å². The van der Waals surface area contributed by atoms with Crippen LogP contribution in [0.3, 0.4) is 0 Å². The smallest absolute Gasteiger partial charge is 0.0319 e. The van der Waals surface area contributed by atoms with E-state index in [0.717, 1.165) is 7.11 Å². The van der Waals surface area contributed by atoms with Crippen LogP contribution in [0.2, 0.25) is 0 Å². The summed E-state index contributed by atoms with van der Waals surface area (Å²) in [5.41, 5.74) is 0. The second-order valence-corrected chi connectivity index (χ2v) is 0. The largest absolute Gasteiger partial charge is 0.400 e. The molecule has 0 aromatic heterocycles. The van der Waals surface area contributed by atoms with Crippen LogP contribution in [0.25, 0.3) is 0 Å². The molecule has 0 atom stereocenters. The van der Waals surface area contributed by atoms with Crippen molar-refractivity contribution in [1.82, 2.24) is 0 Å². The van der Waals surface area contributed by atoms with Crippen molar-refractivity contribution in [2.24, 2.45) is 0 Å². The molecule has 0 rings (SSSR count). The Hall–Kier alpha value is 1.21. The first-order chi connectivity index (χ1) is 1.00. The molecule has 0 bridgehead atoms. The van der Waals surface area contributed by atoms with Crippen LogP contribution in [0.1, 0.15) is 0 Å². The first-order valence-corrected chi connectivity index (χ1v) is 0.447. The van der Waals surface area contributed by atoms with E-state index in [-0.39, 0.29) is 45.9 Å². The van der Waals surface area contributed by atoms with Gasteiger partial charge in [0.1, 0.15) is 0 Å². The molecular formula is CH4BCuOPd. The fraction of sp³-hybridized carbons (Fsp3) is 1.00. The van der Waals surface area contributed by atoms with E-state index in [1.165, 1.54) is 0 Å². The molecule has 0 fully saturated rings. The molecule has 0 aromatic carbocycles. The molecule has 0 aliphatic rings. The van der Waals surface area contributed by atoms with Gasteiger partial charge in [-0.15, -0.1) is 0 Å². The van der Waals surface area contributed by atoms with E-state index in [4.69, 9.17) is 5.11 Å². The van der Waals surface area contributed by atoms with Gasteiger partial charge in [-0.1, -0.05) is 0 Å². The molecule has 5 heavy (non-hydrogen) atoms. The predicted molar refractivity (Wildman–Crippen MR) is 13.9 cm³/mol. The van der Waals surface area contributed by atoms with E-state index in [1.54, 1.807) is 0 Å². The third-order valence-electron chi connectivity index (χ3n) is 0. The Morgan fingerprint density at radius 3 is 1.20 bits per heavy atom. The normalized spacial score (nSPS) is 1.20. The van der Waals surface area contributed by atoms with E-state index in [0.29, 0.717) is 0 Å². The van der Waals surface area contributed by atoms with Crippen molar-refractivity contribution in [3.8, 4) is 0 Å². The SMILES string of the molecule is CO.[B].[Cu].[Pd]. The predicted octanol–water partition coefficient (Wildman–Crippen LogP) is -0.777. The zero-order valence-electron chi connectivity index (χ0n) is 2.64. The summed E-state index contributed by atoms with van der Waals surface area (Å²) in [6.07, 6.45) is 0. The van der Waals surface area contributed by atoms with Crippen LogP contribution in [0.4, 0.5) is 0 Å². The zero-order valence-corrected chi connectivity index (χ0v) is 5.14. The maximum absolute atomic E-state index is 7.00. The molecular weight excluding hydrogens is 209 g/mol. The van der Waals surface area contributed by atoms with Crippen molar-refractivity contribution in [2.45, 2.75) is 0 Å². The molecule has 0 aliphatic heterocycles. The molecule has 1 nitrogen and oxygen atoms in total. The van der Waals surface area contributed by atoms with Gasteiger partial charge >= 0.3 is 0 Å². The Balaban J connectivity index is -0.00000000167. The zero-order chi connectivity index (χ0) is 2.00. The monoisotopic (exact) mass is 212 g/mol. The summed E-state index contributed by atoms with van der Waals surface area (Å²) in [6.45, 7) is 0. The Bertz CT molecular complexity index is 11.6. The van der Waals surface area contributed by atoms with Crippen molar-refractivity contribution in [3.63, 3.8) is 0 Å². The van der Waals surface area contributed by atoms with E-state index < -0.39 is 0 Å². The van der Waals surface area contributed by atoms with Crippen molar-refractivity contribution >= 4 is 8.41 Å². The minimum Gasteiger partial charge on any atom is -0.400 e. The fourth-order valence-electron chi connectivity index (χ4n) is 0. The molecule has 38 valence electrons. The van der Waals surface area contributed by atoms with Gasteiger partial charge in [0.25, 0.3) is 0 Å². The second-order valence-electron chi connectivity index (χ2n) is 0. The van der Waals surface area contributed by atoms with Gasteiger partial charge in [-0.05, 0) is 0 Å². The van der Waals surface area contributed by atoms with Gasteiger partial charge in [-0.3, -0.25) is 0 Å². The van der Waals surface area contributed by atoms with Gasteiger partial charge in [0.2, 0.25) is 0 Å². The standard InChI is InChI=1S/CH4O.B.Cu.Pd/c1-2;;;/h2H,1H3;;;. The Morgan fingerprint density at radius 2 is 1.20 bits per heavy atom. The van der Waals surface area contributed by atoms with Gasteiger partial charge in [-0.25, -0.2) is 0 Å². The van der Waals surface area contributed by atoms with Crippen LogP contribution < -0.4 is 0 Å². The van der Waals surface area contributed by atoms with Crippen LogP contribution >= 0.6 is 0 Å². The van der Waals surface area contributed by atoms with Gasteiger partial charge in [0.15, 0.2) is 0 Å². The first-order valence-electron chi connectivity index (χ1n) is 0.447. The van der Waals surface area contributed by atoms with E-state index >= 15 is 0 Å². The summed E-state index contributed by atoms with van der Waals surface area (Å²) in [5.74, 6) is 0. The quantitative estimate of drug-likeness (QED) is 0.523. The molecule has 0 saturated heterocycles. The van der Waals surface area contributed by atoms with Crippen LogP contribution in [-0.4, -0.2) is 20.6 Å². The third kappa shape index (κ3) is 36.8. The third-order valence-corrected chi connectivity index (χ3v) is 0. The van der Waals surface area contributed by atoms with Crippen molar-refractivity contribution in [3.05, 3.63) is 0 Å². The number of aliphatic hydroxyl groups is 1. The maximum atomic E-state index is 7.00. The molecule has 0 unspecified atom stereocenters. The van der Waals surface area contributed by atoms with E-state index in [1.807, 2.05) is 0 Å². The van der Waals surface area contributed by atoms with Crippen molar-refractivity contribution < 1.29 is 42.6 Å². The summed E-state index contributed by atoms with van der Waals surface area (Å²) >= 11 is 0. The number of hydrogen-bond donors (Lipinski definition) is 1. The fourth-order valence-corrected chi connectivity index (χ4v) is 0. The van der Waals surface area contributed by atoms with Crippen LogP contribution in [0, 0.1) is 0 Å². The summed E-state index contributed by atoms with van der Waals surface area (Å²) in [5, 5.41) is 7.00. The minimum absolute atomic E-state index is 0. The number of hydrogen-bond acceptors (Lipinski definition) is 1. The molecule has 0 spiro atoms. The van der Waals surface area contributed by atoms with Gasteiger partial charge < -0.3 is 5.11 Å².